The van der Waals surface area contributed by atoms with Gasteiger partial charge in [-0.15, -0.1) is 0 Å². The summed E-state index contributed by atoms with van der Waals surface area (Å²) in [5, 5.41) is 38.6. The fourth-order valence-electron chi connectivity index (χ4n) is 4.98. The normalized spacial score (nSPS) is 29.4. The molecule has 0 unspecified atom stereocenters. The van der Waals surface area contributed by atoms with E-state index in [1.807, 2.05) is 6.92 Å². The predicted octanol–water partition coefficient (Wildman–Crippen LogP) is 3.94. The lowest BCUT2D eigenvalue weighted by molar-refractivity contribution is -0.112. The molecule has 1 heterocycles. The van der Waals surface area contributed by atoms with Gasteiger partial charge in [-0.1, -0.05) is 38.2 Å². The highest BCUT2D eigenvalue weighted by molar-refractivity contribution is 6.04. The Morgan fingerprint density at radius 2 is 1.90 bits per heavy atom. The van der Waals surface area contributed by atoms with E-state index in [9.17, 15) is 29.3 Å². The van der Waals surface area contributed by atoms with Crippen molar-refractivity contribution >= 4 is 23.4 Å². The number of aromatic hydroxyl groups is 2. The molecule has 0 spiro atoms. The van der Waals surface area contributed by atoms with Crippen LogP contribution < -0.4 is 16.4 Å². The molecule has 0 fully saturated rings. The van der Waals surface area contributed by atoms with Gasteiger partial charge in [0.05, 0.1) is 23.6 Å². The Hall–Kier alpha value is -3.61. The Bertz CT molecular complexity index is 1190. The van der Waals surface area contributed by atoms with Crippen LogP contribution in [0.3, 0.4) is 0 Å². The number of nitrogens with one attached hydrogen (secondary N) is 2. The van der Waals surface area contributed by atoms with Gasteiger partial charge in [-0.3, -0.25) is 4.79 Å². The number of carbonyl (C=O) groups is 2. The molecule has 7 N–H and O–H groups in total. The molecule has 1 aliphatic heterocycles. The second kappa shape index (κ2) is 16.1. The van der Waals surface area contributed by atoms with Crippen molar-refractivity contribution in [1.29, 1.82) is 0 Å². The standard InChI is InChI=1S/C30H44FN3O8/c1-16-12-20-25(33-11-10-31)22(35)15-21(27(20)37)34-29(38)17(2)8-7-9-23(40-5)28(42-30(32)39)19(4)14-18(3)26(36)24(13-16)41-6/h7-9,14-16,18,23-24,26,28,33,35-37H,10-13H2,1-6H3,(H2,32,39)(H,34,38)/b9-7-,17-8+,19-14+/t16-,18+,23+,24+,26-,28+/m1/s1. The van der Waals surface area contributed by atoms with Gasteiger partial charge in [0.15, 0.2) is 6.10 Å². The number of nitrogens with two attached hydrogens (primary N) is 1. The summed E-state index contributed by atoms with van der Waals surface area (Å²) in [6.45, 7) is 6.15. The molecule has 0 aromatic heterocycles. The van der Waals surface area contributed by atoms with Gasteiger partial charge in [-0.2, -0.15) is 0 Å². The first kappa shape index (κ1) is 34.6. The molecule has 1 aromatic rings. The summed E-state index contributed by atoms with van der Waals surface area (Å²) in [4.78, 5) is 24.7. The number of phenols is 2. The number of amides is 2. The highest BCUT2D eigenvalue weighted by Crippen LogP contribution is 2.42. The van der Waals surface area contributed by atoms with Gasteiger partial charge in [0, 0.05) is 43.9 Å². The molecule has 0 aliphatic carbocycles. The van der Waals surface area contributed by atoms with E-state index in [4.69, 9.17) is 19.9 Å². The van der Waals surface area contributed by atoms with Crippen molar-refractivity contribution in [3.05, 3.63) is 47.1 Å². The number of alkyl halides is 1. The molecule has 2 bridgehead atoms. The predicted molar refractivity (Wildman–Crippen MR) is 158 cm³/mol. The van der Waals surface area contributed by atoms with Gasteiger partial charge in [-0.05, 0) is 38.2 Å². The molecule has 2 rings (SSSR count). The summed E-state index contributed by atoms with van der Waals surface area (Å²) >= 11 is 0. The maximum Gasteiger partial charge on any atom is 0.405 e. The third-order valence-electron chi connectivity index (χ3n) is 7.23. The molecule has 42 heavy (non-hydrogen) atoms. The number of fused-ring (bicyclic) bond motifs is 2. The van der Waals surface area contributed by atoms with Crippen molar-refractivity contribution in [2.24, 2.45) is 17.6 Å². The van der Waals surface area contributed by atoms with Crippen LogP contribution in [-0.2, 0) is 25.4 Å². The number of methoxy groups -OCH3 is 2. The zero-order valence-corrected chi connectivity index (χ0v) is 25.0. The fraction of sp³-hybridized carbons (Fsp3) is 0.533. The van der Waals surface area contributed by atoms with E-state index in [-0.39, 0.29) is 52.9 Å². The number of aliphatic hydroxyl groups is 1. The van der Waals surface area contributed by atoms with Crippen LogP contribution in [0.1, 0.15) is 39.7 Å². The molecule has 6 atom stereocenters. The molecule has 1 aromatic carbocycles. The molecule has 12 heteroatoms. The number of allylic oxidation sites excluding steroid dienone is 2. The topological polar surface area (TPSA) is 173 Å². The third kappa shape index (κ3) is 9.20. The van der Waals surface area contributed by atoms with Gasteiger partial charge in [0.2, 0.25) is 0 Å². The van der Waals surface area contributed by atoms with Crippen molar-refractivity contribution in [2.75, 3.05) is 38.1 Å². The minimum atomic E-state index is -1.00. The molecular formula is C30H44FN3O8. The lowest BCUT2D eigenvalue weighted by Gasteiger charge is -2.29. The van der Waals surface area contributed by atoms with Crippen LogP contribution in [0.2, 0.25) is 0 Å². The number of ether oxygens (including phenoxy) is 3. The fourth-order valence-corrected chi connectivity index (χ4v) is 4.98. The molecule has 2 amide bonds. The smallest absolute Gasteiger partial charge is 0.405 e. The lowest BCUT2D eigenvalue weighted by Crippen LogP contribution is -2.37. The average Bonchev–Trinajstić information content (AvgIpc) is 2.94. The zero-order valence-electron chi connectivity index (χ0n) is 25.0. The Morgan fingerprint density at radius 3 is 2.50 bits per heavy atom. The van der Waals surface area contributed by atoms with E-state index in [1.165, 1.54) is 26.4 Å². The van der Waals surface area contributed by atoms with E-state index in [2.05, 4.69) is 10.6 Å². The Morgan fingerprint density at radius 1 is 1.21 bits per heavy atom. The number of primary amides is 1. The van der Waals surface area contributed by atoms with Crippen molar-refractivity contribution in [2.45, 2.75) is 65.0 Å². The first-order valence-corrected chi connectivity index (χ1v) is 13.8. The van der Waals surface area contributed by atoms with Crippen molar-refractivity contribution in [1.82, 2.24) is 0 Å². The molecule has 0 saturated carbocycles. The van der Waals surface area contributed by atoms with Crippen LogP contribution in [0.5, 0.6) is 11.5 Å². The van der Waals surface area contributed by atoms with Crippen molar-refractivity contribution in [3.8, 4) is 11.5 Å². The van der Waals surface area contributed by atoms with Crippen molar-refractivity contribution < 1.29 is 43.5 Å². The number of halogens is 1. The molecule has 234 valence electrons. The van der Waals surface area contributed by atoms with E-state index < -0.39 is 49.0 Å². The number of hydrogen-bond acceptors (Lipinski definition) is 9. The number of phenolic OH excluding ortho intramolecular Hbond substituents is 2. The largest absolute Gasteiger partial charge is 0.506 e. The van der Waals surface area contributed by atoms with Gasteiger partial charge < -0.3 is 45.9 Å². The highest BCUT2D eigenvalue weighted by atomic mass is 19.1. The Kier molecular flexibility index (Phi) is 13.3. The summed E-state index contributed by atoms with van der Waals surface area (Å²) < 4.78 is 29.5. The summed E-state index contributed by atoms with van der Waals surface area (Å²) in [6, 6.07) is 1.19. The highest BCUT2D eigenvalue weighted by Gasteiger charge is 2.30. The minimum absolute atomic E-state index is 0.0263. The molecular weight excluding hydrogens is 549 g/mol. The van der Waals surface area contributed by atoms with Gasteiger partial charge in [0.25, 0.3) is 5.91 Å². The SMILES string of the molecule is CO[C@H]1/C=C\C=C(/C)C(=O)Nc2cc(O)c(NCCF)c(c2O)C[C@@H](C)C[C@H](OC)[C@H](O)[C@@H](C)/C=C(\C)[C@@H]1OC(N)=O. The van der Waals surface area contributed by atoms with E-state index in [1.54, 1.807) is 39.0 Å². The van der Waals surface area contributed by atoms with Gasteiger partial charge in [-0.25, -0.2) is 9.18 Å². The van der Waals surface area contributed by atoms with Gasteiger partial charge in [0.1, 0.15) is 24.3 Å². The number of anilines is 2. The minimum Gasteiger partial charge on any atom is -0.506 e. The number of aliphatic hydroxyl groups excluding tert-OH is 1. The summed E-state index contributed by atoms with van der Waals surface area (Å²) in [5.74, 6) is -1.76. The van der Waals surface area contributed by atoms with Gasteiger partial charge >= 0.3 is 6.09 Å². The quantitative estimate of drug-likeness (QED) is 0.162. The van der Waals surface area contributed by atoms with Crippen LogP contribution in [0.15, 0.2) is 41.5 Å². The van der Waals surface area contributed by atoms with E-state index in [0.29, 0.717) is 12.0 Å². The second-order valence-electron chi connectivity index (χ2n) is 10.6. The summed E-state index contributed by atoms with van der Waals surface area (Å²) in [7, 11) is 2.91. The van der Waals surface area contributed by atoms with Crippen molar-refractivity contribution in [3.63, 3.8) is 0 Å². The Labute approximate surface area is 246 Å². The maximum absolute atomic E-state index is 13.0. The molecule has 0 radical (unpaired) electrons. The Balaban J connectivity index is 2.66. The van der Waals surface area contributed by atoms with Crippen LogP contribution in [0.25, 0.3) is 0 Å². The maximum atomic E-state index is 13.0. The van der Waals surface area contributed by atoms with Crippen LogP contribution >= 0.6 is 0 Å². The van der Waals surface area contributed by atoms with E-state index >= 15 is 0 Å². The number of rotatable bonds is 6. The summed E-state index contributed by atoms with van der Waals surface area (Å²) in [5.41, 5.74) is 6.59. The molecule has 0 saturated heterocycles. The molecule has 1 aliphatic rings. The third-order valence-corrected chi connectivity index (χ3v) is 7.23. The zero-order chi connectivity index (χ0) is 31.6. The lowest BCUT2D eigenvalue weighted by atomic mass is 9.87. The average molecular weight is 594 g/mol. The molecule has 11 nitrogen and oxygen atoms in total. The van der Waals surface area contributed by atoms with E-state index in [0.717, 1.165) is 0 Å². The second-order valence-corrected chi connectivity index (χ2v) is 10.6. The monoisotopic (exact) mass is 593 g/mol. The first-order valence-electron chi connectivity index (χ1n) is 13.8. The van der Waals surface area contributed by atoms with Crippen LogP contribution in [-0.4, -0.2) is 79.2 Å². The first-order chi connectivity index (χ1) is 19.8. The van der Waals surface area contributed by atoms with Crippen LogP contribution in [0.4, 0.5) is 20.6 Å². The van der Waals surface area contributed by atoms with Crippen LogP contribution in [0, 0.1) is 11.8 Å². The number of benzene rings is 1. The number of carbonyl (C=O) groups excluding carboxylic acids is 2. The number of hydrogen-bond donors (Lipinski definition) is 6. The summed E-state index contributed by atoms with van der Waals surface area (Å²) in [6.07, 6.45) is 2.64.